The van der Waals surface area contributed by atoms with Crippen molar-refractivity contribution in [1.82, 2.24) is 9.88 Å². The Balaban J connectivity index is 1.94. The second-order valence-electron chi connectivity index (χ2n) is 4.58. The topological polar surface area (TPSA) is 62.7 Å². The molecule has 1 amide bonds. The van der Waals surface area contributed by atoms with E-state index in [0.29, 0.717) is 24.5 Å². The van der Waals surface area contributed by atoms with Crippen LogP contribution in [0.3, 0.4) is 0 Å². The molecule has 0 aliphatic rings. The highest BCUT2D eigenvalue weighted by molar-refractivity contribution is 5.94. The summed E-state index contributed by atoms with van der Waals surface area (Å²) in [5.41, 5.74) is 1.41. The summed E-state index contributed by atoms with van der Waals surface area (Å²) in [6.45, 7) is 0.656. The minimum atomic E-state index is -0.125. The predicted octanol–water partition coefficient (Wildman–Crippen LogP) is 1.72. The smallest absolute Gasteiger partial charge is 0.253 e. The first-order valence-electron chi connectivity index (χ1n) is 6.70. The third-order valence-corrected chi connectivity index (χ3v) is 3.00. The second kappa shape index (κ2) is 7.40. The van der Waals surface area contributed by atoms with Gasteiger partial charge in [0.05, 0.1) is 12.3 Å². The van der Waals surface area contributed by atoms with E-state index in [1.165, 1.54) is 4.90 Å². The molecular formula is C16H18N2O3. The zero-order valence-corrected chi connectivity index (χ0v) is 11.9. The summed E-state index contributed by atoms with van der Waals surface area (Å²) in [6.07, 6.45) is 1.72. The molecule has 2 rings (SSSR count). The Morgan fingerprint density at radius 2 is 2.00 bits per heavy atom. The summed E-state index contributed by atoms with van der Waals surface area (Å²) >= 11 is 0. The van der Waals surface area contributed by atoms with Gasteiger partial charge in [-0.3, -0.25) is 9.78 Å². The number of carbonyl (C=O) groups excluding carboxylic acids is 1. The average molecular weight is 286 g/mol. The Morgan fingerprint density at radius 3 is 2.62 bits per heavy atom. The molecule has 1 aromatic carbocycles. The van der Waals surface area contributed by atoms with E-state index in [9.17, 15) is 4.79 Å². The van der Waals surface area contributed by atoms with Gasteiger partial charge in [-0.1, -0.05) is 6.07 Å². The average Bonchev–Trinajstić information content (AvgIpc) is 2.54. The van der Waals surface area contributed by atoms with Crippen molar-refractivity contribution in [3.8, 4) is 5.75 Å². The lowest BCUT2D eigenvalue weighted by Crippen LogP contribution is -2.29. The lowest BCUT2D eigenvalue weighted by atomic mass is 10.2. The van der Waals surface area contributed by atoms with Crippen molar-refractivity contribution in [2.45, 2.75) is 6.61 Å². The number of carbonyl (C=O) groups is 1. The van der Waals surface area contributed by atoms with Gasteiger partial charge in [-0.15, -0.1) is 0 Å². The van der Waals surface area contributed by atoms with E-state index in [0.717, 1.165) is 5.69 Å². The normalized spacial score (nSPS) is 10.2. The number of rotatable bonds is 6. The first kappa shape index (κ1) is 15.0. The van der Waals surface area contributed by atoms with Gasteiger partial charge in [-0.2, -0.15) is 0 Å². The van der Waals surface area contributed by atoms with Gasteiger partial charge in [0.2, 0.25) is 0 Å². The fraction of sp³-hybridized carbons (Fsp3) is 0.250. The van der Waals surface area contributed by atoms with Crippen LogP contribution in [0.25, 0.3) is 0 Å². The zero-order valence-electron chi connectivity index (χ0n) is 11.9. The number of aliphatic hydroxyl groups is 1. The van der Waals surface area contributed by atoms with Gasteiger partial charge < -0.3 is 14.7 Å². The number of amides is 1. The second-order valence-corrected chi connectivity index (χ2v) is 4.58. The Hall–Kier alpha value is -2.40. The monoisotopic (exact) mass is 286 g/mol. The molecule has 0 spiro atoms. The maximum atomic E-state index is 12.0. The summed E-state index contributed by atoms with van der Waals surface area (Å²) < 4.78 is 5.61. The number of likely N-dealkylation sites (N-methyl/N-ethyl adjacent to an activating group) is 1. The molecule has 5 nitrogen and oxygen atoms in total. The van der Waals surface area contributed by atoms with Gasteiger partial charge in [-0.05, 0) is 36.4 Å². The lowest BCUT2D eigenvalue weighted by molar-refractivity contribution is 0.0767. The van der Waals surface area contributed by atoms with E-state index in [1.807, 2.05) is 18.2 Å². The van der Waals surface area contributed by atoms with E-state index in [2.05, 4.69) is 4.98 Å². The van der Waals surface area contributed by atoms with Gasteiger partial charge >= 0.3 is 0 Å². The Kier molecular flexibility index (Phi) is 5.29. The number of benzene rings is 1. The van der Waals surface area contributed by atoms with Gasteiger partial charge in [0, 0.05) is 25.4 Å². The molecule has 21 heavy (non-hydrogen) atoms. The lowest BCUT2D eigenvalue weighted by Gasteiger charge is -2.15. The maximum Gasteiger partial charge on any atom is 0.253 e. The number of aliphatic hydroxyl groups excluding tert-OH is 1. The number of pyridine rings is 1. The van der Waals surface area contributed by atoms with Crippen LogP contribution in [0.4, 0.5) is 0 Å². The van der Waals surface area contributed by atoms with Crippen molar-refractivity contribution < 1.29 is 14.6 Å². The summed E-state index contributed by atoms with van der Waals surface area (Å²) in [5, 5.41) is 8.83. The standard InChI is InChI=1S/C16H18N2O3/c1-18(10-11-19)16(20)13-5-7-15(8-6-13)21-12-14-4-2-3-9-17-14/h2-9,19H,10-12H2,1H3. The maximum absolute atomic E-state index is 12.0. The largest absolute Gasteiger partial charge is 0.487 e. The number of hydrogen-bond acceptors (Lipinski definition) is 4. The first-order valence-corrected chi connectivity index (χ1v) is 6.70. The highest BCUT2D eigenvalue weighted by Crippen LogP contribution is 2.14. The van der Waals surface area contributed by atoms with Crippen LogP contribution in [0.5, 0.6) is 5.75 Å². The highest BCUT2D eigenvalue weighted by Gasteiger charge is 2.10. The number of nitrogens with zero attached hydrogens (tertiary/aromatic N) is 2. The van der Waals surface area contributed by atoms with Crippen molar-refractivity contribution in [3.63, 3.8) is 0 Å². The summed E-state index contributed by atoms with van der Waals surface area (Å²) in [7, 11) is 1.66. The fourth-order valence-corrected chi connectivity index (χ4v) is 1.81. The van der Waals surface area contributed by atoms with Crippen LogP contribution in [0.2, 0.25) is 0 Å². The molecular weight excluding hydrogens is 268 g/mol. The number of hydrogen-bond donors (Lipinski definition) is 1. The van der Waals surface area contributed by atoms with Crippen LogP contribution in [-0.4, -0.2) is 41.1 Å². The summed E-state index contributed by atoms with van der Waals surface area (Å²) in [4.78, 5) is 17.6. The highest BCUT2D eigenvalue weighted by atomic mass is 16.5. The third kappa shape index (κ3) is 4.29. The molecule has 0 fully saturated rings. The van der Waals surface area contributed by atoms with Crippen LogP contribution < -0.4 is 4.74 Å². The SMILES string of the molecule is CN(CCO)C(=O)c1ccc(OCc2ccccn2)cc1. The zero-order chi connectivity index (χ0) is 15.1. The molecule has 0 aliphatic carbocycles. The molecule has 0 saturated carbocycles. The Labute approximate surface area is 123 Å². The molecule has 0 atom stereocenters. The van der Waals surface area contributed by atoms with Crippen molar-refractivity contribution in [2.24, 2.45) is 0 Å². The molecule has 1 heterocycles. The molecule has 2 aromatic rings. The molecule has 1 N–H and O–H groups in total. The van der Waals surface area contributed by atoms with Crippen LogP contribution in [0, 0.1) is 0 Å². The fourth-order valence-electron chi connectivity index (χ4n) is 1.81. The van der Waals surface area contributed by atoms with E-state index < -0.39 is 0 Å². The van der Waals surface area contributed by atoms with Crippen molar-refractivity contribution in [3.05, 3.63) is 59.9 Å². The summed E-state index contributed by atoms with van der Waals surface area (Å²) in [5.74, 6) is 0.558. The molecule has 0 radical (unpaired) electrons. The molecule has 0 saturated heterocycles. The third-order valence-electron chi connectivity index (χ3n) is 3.00. The van der Waals surface area contributed by atoms with Crippen molar-refractivity contribution in [1.29, 1.82) is 0 Å². The van der Waals surface area contributed by atoms with Gasteiger partial charge in [0.1, 0.15) is 12.4 Å². The molecule has 110 valence electrons. The van der Waals surface area contributed by atoms with Crippen molar-refractivity contribution in [2.75, 3.05) is 20.2 Å². The number of aromatic nitrogens is 1. The van der Waals surface area contributed by atoms with Gasteiger partial charge in [0.25, 0.3) is 5.91 Å². The van der Waals surface area contributed by atoms with Gasteiger partial charge in [0.15, 0.2) is 0 Å². The molecule has 5 heteroatoms. The molecule has 0 unspecified atom stereocenters. The molecule has 0 aliphatic heterocycles. The first-order chi connectivity index (χ1) is 10.2. The minimum Gasteiger partial charge on any atom is -0.487 e. The van der Waals surface area contributed by atoms with E-state index in [-0.39, 0.29) is 12.5 Å². The predicted molar refractivity (Wildman–Crippen MR) is 79.1 cm³/mol. The van der Waals surface area contributed by atoms with E-state index in [1.54, 1.807) is 37.5 Å². The molecule has 1 aromatic heterocycles. The van der Waals surface area contributed by atoms with Crippen LogP contribution in [0.15, 0.2) is 48.7 Å². The Morgan fingerprint density at radius 1 is 1.24 bits per heavy atom. The van der Waals surface area contributed by atoms with E-state index >= 15 is 0 Å². The van der Waals surface area contributed by atoms with Crippen LogP contribution >= 0.6 is 0 Å². The molecule has 0 bridgehead atoms. The quantitative estimate of drug-likeness (QED) is 0.878. The number of ether oxygens (including phenoxy) is 1. The van der Waals surface area contributed by atoms with Gasteiger partial charge in [-0.25, -0.2) is 0 Å². The Bertz CT molecular complexity index is 570. The van der Waals surface area contributed by atoms with Crippen molar-refractivity contribution >= 4 is 5.91 Å². The van der Waals surface area contributed by atoms with E-state index in [4.69, 9.17) is 9.84 Å². The van der Waals surface area contributed by atoms with Crippen LogP contribution in [-0.2, 0) is 6.61 Å². The van der Waals surface area contributed by atoms with Crippen LogP contribution in [0.1, 0.15) is 16.1 Å². The summed E-state index contributed by atoms with van der Waals surface area (Å²) in [6, 6.07) is 12.6. The minimum absolute atomic E-state index is 0.0481.